The molecule has 0 aromatic carbocycles. The van der Waals surface area contributed by atoms with E-state index in [1.165, 1.54) is 25.0 Å². The molecule has 142 valence electrons. The predicted molar refractivity (Wildman–Crippen MR) is 108 cm³/mol. The van der Waals surface area contributed by atoms with Gasteiger partial charge in [-0.15, -0.1) is 0 Å². The number of likely N-dealkylation sites (N-methyl/N-ethyl adjacent to an activating group) is 2. The lowest BCUT2D eigenvalue weighted by Gasteiger charge is -2.22. The van der Waals surface area contributed by atoms with Gasteiger partial charge in [-0.3, -0.25) is 0 Å². The van der Waals surface area contributed by atoms with Crippen LogP contribution in [-0.4, -0.2) is 62.3 Å². The van der Waals surface area contributed by atoms with Crippen LogP contribution in [0.2, 0.25) is 0 Å². The largest absolute Gasteiger partial charge is 0.377 e. The zero-order valence-electron chi connectivity index (χ0n) is 17.4. The maximum Gasteiger partial charge on any atom is 0.249 e. The summed E-state index contributed by atoms with van der Waals surface area (Å²) in [4.78, 5) is 2.14. The van der Waals surface area contributed by atoms with Crippen molar-refractivity contribution < 1.29 is 9.31 Å². The van der Waals surface area contributed by atoms with Crippen LogP contribution in [0.3, 0.4) is 0 Å². The number of piperidine rings is 1. The Bertz CT molecular complexity index is 355. The Morgan fingerprint density at radius 1 is 1.42 bits per heavy atom. The fourth-order valence-electron chi connectivity index (χ4n) is 2.64. The Hall–Kier alpha value is -1.13. The second kappa shape index (κ2) is 16.7. The molecule has 0 amide bonds. The molecule has 1 heterocycles. The van der Waals surface area contributed by atoms with Crippen molar-refractivity contribution in [2.75, 3.05) is 33.8 Å². The second-order valence-corrected chi connectivity index (χ2v) is 5.73. The normalized spacial score (nSPS) is 18.8. The van der Waals surface area contributed by atoms with Gasteiger partial charge in [0.15, 0.2) is 0 Å². The summed E-state index contributed by atoms with van der Waals surface area (Å²) in [7, 11) is 4.04. The van der Waals surface area contributed by atoms with Crippen LogP contribution in [0.4, 0.5) is 0 Å². The second-order valence-electron chi connectivity index (χ2n) is 5.73. The molecule has 2 unspecified atom stereocenters. The van der Waals surface area contributed by atoms with E-state index in [0.29, 0.717) is 6.10 Å². The van der Waals surface area contributed by atoms with E-state index in [-0.39, 0.29) is 6.17 Å². The molecule has 1 aliphatic rings. The van der Waals surface area contributed by atoms with Crippen molar-refractivity contribution in [3.05, 3.63) is 23.9 Å². The Morgan fingerprint density at radius 3 is 2.42 bits per heavy atom. The van der Waals surface area contributed by atoms with E-state index in [1.807, 2.05) is 38.5 Å². The molecular weight excluding hydrogens is 298 g/mol. The molecule has 0 saturated carbocycles. The Kier molecular flexibility index (Phi) is 17.5. The first-order chi connectivity index (χ1) is 11.5. The highest BCUT2D eigenvalue weighted by molar-refractivity contribution is 5.16. The predicted octanol–water partition coefficient (Wildman–Crippen LogP) is 3.89. The van der Waals surface area contributed by atoms with Crippen molar-refractivity contribution in [3.63, 3.8) is 0 Å². The minimum Gasteiger partial charge on any atom is -0.377 e. The van der Waals surface area contributed by atoms with Crippen LogP contribution in [-0.2, 0) is 4.74 Å². The standard InChI is InChI=1S/C11H21N2.C7H15NO.C2H6/c1-7-9-13(6)11(12(4)5)10(3)8-2;1-2-9-7-4-3-5-8-6-7;1-2/h7-9,11H,4H2,1-3,5-6H3;7-8H,2-6H2,1H3;1-2H3/q+1;;/b9-7-,10-8-;;. The SMILES string of the molecule is C=[N+](C)C(/C(C)=C\C)N(C)/C=C\C.CC.CCOC1CCCNC1. The number of hydrogen-bond acceptors (Lipinski definition) is 3. The molecule has 1 rings (SSSR count). The quantitative estimate of drug-likeness (QED) is 0.344. The van der Waals surface area contributed by atoms with Gasteiger partial charge in [0.2, 0.25) is 6.17 Å². The fraction of sp³-hybridized carbons (Fsp3) is 0.750. The summed E-state index contributed by atoms with van der Waals surface area (Å²) >= 11 is 0. The summed E-state index contributed by atoms with van der Waals surface area (Å²) in [5.41, 5.74) is 1.30. The van der Waals surface area contributed by atoms with Gasteiger partial charge in [0.25, 0.3) is 0 Å². The molecule has 1 fully saturated rings. The lowest BCUT2D eigenvalue weighted by atomic mass is 10.1. The molecule has 0 spiro atoms. The third-order valence-corrected chi connectivity index (χ3v) is 3.70. The Labute approximate surface area is 151 Å². The summed E-state index contributed by atoms with van der Waals surface area (Å²) in [6, 6.07) is 0. The molecule has 0 aliphatic carbocycles. The molecule has 4 nitrogen and oxygen atoms in total. The third kappa shape index (κ3) is 11.4. The number of nitrogens with zero attached hydrogens (tertiary/aromatic N) is 2. The smallest absolute Gasteiger partial charge is 0.249 e. The number of hydrogen-bond donors (Lipinski definition) is 1. The van der Waals surface area contributed by atoms with Crippen LogP contribution >= 0.6 is 0 Å². The van der Waals surface area contributed by atoms with E-state index in [2.05, 4.69) is 57.0 Å². The monoisotopic (exact) mass is 340 g/mol. The summed E-state index contributed by atoms with van der Waals surface area (Å²) < 4.78 is 7.37. The number of nitrogens with one attached hydrogen (secondary N) is 1. The van der Waals surface area contributed by atoms with Crippen molar-refractivity contribution in [1.82, 2.24) is 10.2 Å². The zero-order chi connectivity index (χ0) is 19.0. The summed E-state index contributed by atoms with van der Waals surface area (Å²) in [6.07, 6.45) is 9.45. The molecule has 0 aromatic heterocycles. The third-order valence-electron chi connectivity index (χ3n) is 3.70. The average Bonchev–Trinajstić information content (AvgIpc) is 2.58. The van der Waals surface area contributed by atoms with Crippen LogP contribution in [0.25, 0.3) is 0 Å². The van der Waals surface area contributed by atoms with Crippen molar-refractivity contribution in [2.45, 2.75) is 66.7 Å². The zero-order valence-corrected chi connectivity index (χ0v) is 17.4. The highest BCUT2D eigenvalue weighted by Crippen LogP contribution is 2.08. The van der Waals surface area contributed by atoms with Gasteiger partial charge in [0, 0.05) is 32.0 Å². The molecule has 4 heteroatoms. The Morgan fingerprint density at radius 2 is 2.04 bits per heavy atom. The molecule has 0 bridgehead atoms. The first-order valence-electron chi connectivity index (χ1n) is 9.31. The fourth-order valence-corrected chi connectivity index (χ4v) is 2.64. The molecule has 2 atom stereocenters. The van der Waals surface area contributed by atoms with E-state index in [1.54, 1.807) is 0 Å². The van der Waals surface area contributed by atoms with Crippen LogP contribution in [0, 0.1) is 0 Å². The first-order valence-corrected chi connectivity index (χ1v) is 9.31. The molecule has 1 N–H and O–H groups in total. The minimum atomic E-state index is 0.251. The van der Waals surface area contributed by atoms with Crippen molar-refractivity contribution in [3.8, 4) is 0 Å². The summed E-state index contributed by atoms with van der Waals surface area (Å²) in [6.45, 7) is 19.2. The average molecular weight is 341 g/mol. The van der Waals surface area contributed by atoms with Gasteiger partial charge < -0.3 is 15.0 Å². The van der Waals surface area contributed by atoms with Gasteiger partial charge in [-0.25, -0.2) is 4.58 Å². The van der Waals surface area contributed by atoms with Crippen molar-refractivity contribution >= 4 is 6.72 Å². The summed E-state index contributed by atoms with van der Waals surface area (Å²) in [5.74, 6) is 0. The molecule has 1 aliphatic heterocycles. The van der Waals surface area contributed by atoms with Gasteiger partial charge >= 0.3 is 0 Å². The molecular formula is C20H42N3O+. The van der Waals surface area contributed by atoms with Crippen LogP contribution in [0.15, 0.2) is 23.9 Å². The molecule has 0 radical (unpaired) electrons. The van der Waals surface area contributed by atoms with Gasteiger partial charge in [-0.1, -0.05) is 26.0 Å². The van der Waals surface area contributed by atoms with Crippen LogP contribution < -0.4 is 5.32 Å². The highest BCUT2D eigenvalue weighted by atomic mass is 16.5. The topological polar surface area (TPSA) is 27.5 Å². The maximum absolute atomic E-state index is 5.42. The van der Waals surface area contributed by atoms with Gasteiger partial charge in [0.1, 0.15) is 13.8 Å². The minimum absolute atomic E-state index is 0.251. The van der Waals surface area contributed by atoms with E-state index >= 15 is 0 Å². The molecule has 24 heavy (non-hydrogen) atoms. The highest BCUT2D eigenvalue weighted by Gasteiger charge is 2.19. The van der Waals surface area contributed by atoms with Crippen molar-refractivity contribution in [2.24, 2.45) is 0 Å². The number of allylic oxidation sites excluding steroid dienone is 2. The van der Waals surface area contributed by atoms with E-state index < -0.39 is 0 Å². The molecule has 0 aromatic rings. The van der Waals surface area contributed by atoms with Crippen molar-refractivity contribution in [1.29, 1.82) is 0 Å². The van der Waals surface area contributed by atoms with E-state index in [4.69, 9.17) is 4.74 Å². The van der Waals surface area contributed by atoms with E-state index in [0.717, 1.165) is 13.2 Å². The van der Waals surface area contributed by atoms with Crippen LogP contribution in [0.5, 0.6) is 0 Å². The number of ether oxygens (including phenoxy) is 1. The lowest BCUT2D eigenvalue weighted by Crippen LogP contribution is -2.36. The van der Waals surface area contributed by atoms with Gasteiger partial charge in [-0.2, -0.15) is 0 Å². The maximum atomic E-state index is 5.42. The molecule has 1 saturated heterocycles. The first kappa shape index (κ1) is 25.1. The Balaban J connectivity index is 0. The van der Waals surface area contributed by atoms with Gasteiger partial charge in [-0.05, 0) is 47.1 Å². The summed E-state index contributed by atoms with van der Waals surface area (Å²) in [5, 5.41) is 3.29. The van der Waals surface area contributed by atoms with Gasteiger partial charge in [0.05, 0.1) is 6.10 Å². The van der Waals surface area contributed by atoms with Crippen LogP contribution in [0.1, 0.15) is 54.4 Å². The lowest BCUT2D eigenvalue weighted by molar-refractivity contribution is -0.541. The van der Waals surface area contributed by atoms with E-state index in [9.17, 15) is 0 Å². The number of rotatable bonds is 6.